The van der Waals surface area contributed by atoms with Crippen LogP contribution in [0.5, 0.6) is 0 Å². The maximum Gasteiger partial charge on any atom is 0.0682 e. The minimum absolute atomic E-state index is 0.0442. The van der Waals surface area contributed by atoms with Gasteiger partial charge in [-0.05, 0) is 91.4 Å². The molecule has 0 saturated heterocycles. The smallest absolute Gasteiger partial charge is 0.0682 e. The number of benzene rings is 5. The lowest BCUT2D eigenvalue weighted by atomic mass is 9.54. The fourth-order valence-electron chi connectivity index (χ4n) is 7.73. The first-order valence-corrected chi connectivity index (χ1v) is 13.8. The fraction of sp³-hybridized carbons (Fsp3) is 0.158. The third kappa shape index (κ3) is 2.70. The van der Waals surface area contributed by atoms with E-state index in [1.165, 1.54) is 60.9 Å². The van der Waals surface area contributed by atoms with E-state index in [1.807, 2.05) is 0 Å². The SMILES string of the molecule is CC1(C)c2ccccc2C2(C3=C(C=CCC3)c3cc(-c4ccc5ccccc5c4)ccc32)c2ccccc21. The second kappa shape index (κ2) is 7.68. The second-order valence-corrected chi connectivity index (χ2v) is 11.6. The van der Waals surface area contributed by atoms with E-state index in [9.17, 15) is 0 Å². The minimum Gasteiger partial charge on any atom is -0.0836 e. The molecule has 0 nitrogen and oxygen atoms in total. The Labute approximate surface area is 225 Å². The Balaban J connectivity index is 1.44. The molecule has 0 aliphatic heterocycles. The van der Waals surface area contributed by atoms with Crippen LogP contribution in [0.15, 0.2) is 127 Å². The van der Waals surface area contributed by atoms with Crippen LogP contribution in [0.1, 0.15) is 60.1 Å². The summed E-state index contributed by atoms with van der Waals surface area (Å²) in [6, 6.07) is 41.2. The Morgan fingerprint density at radius 2 is 1.16 bits per heavy atom. The second-order valence-electron chi connectivity index (χ2n) is 11.6. The summed E-state index contributed by atoms with van der Waals surface area (Å²) < 4.78 is 0. The summed E-state index contributed by atoms with van der Waals surface area (Å²) in [5.41, 5.74) is 13.9. The molecule has 0 heteroatoms. The van der Waals surface area contributed by atoms with Crippen LogP contribution in [-0.4, -0.2) is 0 Å². The Hall–Kier alpha value is -4.16. The number of fused-ring (bicyclic) bond motifs is 9. The van der Waals surface area contributed by atoms with Crippen molar-refractivity contribution in [1.29, 1.82) is 0 Å². The Bertz CT molecular complexity index is 1790. The third-order valence-electron chi connectivity index (χ3n) is 9.43. The van der Waals surface area contributed by atoms with Gasteiger partial charge in [-0.3, -0.25) is 0 Å². The monoisotopic (exact) mass is 486 g/mol. The van der Waals surface area contributed by atoms with Crippen LogP contribution < -0.4 is 0 Å². The van der Waals surface area contributed by atoms with Gasteiger partial charge in [0, 0.05) is 5.41 Å². The van der Waals surface area contributed by atoms with Crippen molar-refractivity contribution in [2.45, 2.75) is 37.5 Å². The molecule has 1 spiro atoms. The number of hydrogen-bond donors (Lipinski definition) is 0. The summed E-state index contributed by atoms with van der Waals surface area (Å²) in [6.07, 6.45) is 6.96. The lowest BCUT2D eigenvalue weighted by Gasteiger charge is -2.47. The van der Waals surface area contributed by atoms with E-state index in [-0.39, 0.29) is 10.8 Å². The molecule has 0 N–H and O–H groups in total. The van der Waals surface area contributed by atoms with Gasteiger partial charge in [-0.2, -0.15) is 0 Å². The van der Waals surface area contributed by atoms with Gasteiger partial charge in [-0.25, -0.2) is 0 Å². The summed E-state index contributed by atoms with van der Waals surface area (Å²) in [4.78, 5) is 0. The average Bonchev–Trinajstić information content (AvgIpc) is 3.26. The van der Waals surface area contributed by atoms with Crippen LogP contribution in [0.25, 0.3) is 27.5 Å². The first-order valence-electron chi connectivity index (χ1n) is 13.8. The molecule has 0 fully saturated rings. The first kappa shape index (κ1) is 21.9. The predicted octanol–water partition coefficient (Wildman–Crippen LogP) is 9.60. The summed E-state index contributed by atoms with van der Waals surface area (Å²) >= 11 is 0. The molecular weight excluding hydrogens is 456 g/mol. The van der Waals surface area contributed by atoms with E-state index in [0.29, 0.717) is 0 Å². The summed E-state index contributed by atoms with van der Waals surface area (Å²) in [5.74, 6) is 0. The normalized spacial score (nSPS) is 17.7. The molecule has 5 aromatic rings. The van der Waals surface area contributed by atoms with Gasteiger partial charge in [0.2, 0.25) is 0 Å². The van der Waals surface area contributed by atoms with E-state index in [4.69, 9.17) is 0 Å². The Morgan fingerprint density at radius 1 is 0.553 bits per heavy atom. The van der Waals surface area contributed by atoms with Gasteiger partial charge in [0.1, 0.15) is 0 Å². The van der Waals surface area contributed by atoms with E-state index < -0.39 is 0 Å². The predicted molar refractivity (Wildman–Crippen MR) is 160 cm³/mol. The van der Waals surface area contributed by atoms with Crippen molar-refractivity contribution in [1.82, 2.24) is 0 Å². The van der Waals surface area contributed by atoms with Gasteiger partial charge >= 0.3 is 0 Å². The first-order chi connectivity index (χ1) is 18.6. The molecule has 38 heavy (non-hydrogen) atoms. The molecule has 8 rings (SSSR count). The molecule has 3 aliphatic rings. The van der Waals surface area contributed by atoms with Gasteiger partial charge in [-0.15, -0.1) is 0 Å². The molecule has 0 amide bonds. The molecular formula is C38H30. The van der Waals surface area contributed by atoms with Crippen molar-refractivity contribution >= 4 is 16.3 Å². The lowest BCUT2D eigenvalue weighted by Crippen LogP contribution is -2.41. The van der Waals surface area contributed by atoms with E-state index in [2.05, 4.69) is 135 Å². The molecule has 0 aromatic heterocycles. The average molecular weight is 487 g/mol. The summed E-state index contributed by atoms with van der Waals surface area (Å²) in [7, 11) is 0. The minimum atomic E-state index is -0.236. The van der Waals surface area contributed by atoms with Crippen LogP contribution in [0.3, 0.4) is 0 Å². The van der Waals surface area contributed by atoms with Crippen LogP contribution in [0.2, 0.25) is 0 Å². The van der Waals surface area contributed by atoms with Gasteiger partial charge in [0.15, 0.2) is 0 Å². The zero-order valence-electron chi connectivity index (χ0n) is 22.0. The number of hydrogen-bond acceptors (Lipinski definition) is 0. The standard InChI is InChI=1S/C38H30/c1-37(2)33-15-7-9-17-35(33)38(36-18-10-8-16-34(36)37)31-14-6-5-13-29(31)30-24-28(21-22-32(30)38)27-20-19-25-11-3-4-12-26(25)23-27/h3-5,7-13,15-24H,6,14H2,1-2H3. The summed E-state index contributed by atoms with van der Waals surface area (Å²) in [6.45, 7) is 4.79. The van der Waals surface area contributed by atoms with Gasteiger partial charge in [0.05, 0.1) is 5.41 Å². The zero-order chi connectivity index (χ0) is 25.5. The highest BCUT2D eigenvalue weighted by Gasteiger charge is 2.53. The highest BCUT2D eigenvalue weighted by molar-refractivity contribution is 5.94. The molecule has 5 aromatic carbocycles. The van der Waals surface area contributed by atoms with E-state index in [0.717, 1.165) is 12.8 Å². The highest BCUT2D eigenvalue weighted by Crippen LogP contribution is 2.63. The Kier molecular flexibility index (Phi) is 4.42. The maximum absolute atomic E-state index is 2.46. The molecule has 0 radical (unpaired) electrons. The van der Waals surface area contributed by atoms with Crippen LogP contribution in [0, 0.1) is 0 Å². The van der Waals surface area contributed by atoms with Crippen molar-refractivity contribution < 1.29 is 0 Å². The Morgan fingerprint density at radius 3 is 1.89 bits per heavy atom. The molecule has 0 bridgehead atoms. The summed E-state index contributed by atoms with van der Waals surface area (Å²) in [5, 5.41) is 2.58. The van der Waals surface area contributed by atoms with Gasteiger partial charge in [-0.1, -0.05) is 123 Å². The molecule has 3 aliphatic carbocycles. The van der Waals surface area contributed by atoms with Gasteiger partial charge in [0.25, 0.3) is 0 Å². The van der Waals surface area contributed by atoms with Crippen molar-refractivity contribution in [2.24, 2.45) is 0 Å². The fourth-order valence-corrected chi connectivity index (χ4v) is 7.73. The van der Waals surface area contributed by atoms with Gasteiger partial charge < -0.3 is 0 Å². The highest BCUT2D eigenvalue weighted by atomic mass is 14.6. The lowest BCUT2D eigenvalue weighted by molar-refractivity contribution is 0.550. The van der Waals surface area contributed by atoms with Crippen molar-refractivity contribution in [2.75, 3.05) is 0 Å². The number of allylic oxidation sites excluding steroid dienone is 4. The van der Waals surface area contributed by atoms with E-state index in [1.54, 1.807) is 5.57 Å². The van der Waals surface area contributed by atoms with Crippen LogP contribution >= 0.6 is 0 Å². The molecule has 0 heterocycles. The molecule has 182 valence electrons. The molecule has 0 saturated carbocycles. The van der Waals surface area contributed by atoms with Crippen molar-refractivity contribution in [3.05, 3.63) is 160 Å². The largest absolute Gasteiger partial charge is 0.0836 e. The van der Waals surface area contributed by atoms with Crippen molar-refractivity contribution in [3.63, 3.8) is 0 Å². The quantitative estimate of drug-likeness (QED) is 0.221. The van der Waals surface area contributed by atoms with Crippen LogP contribution in [0.4, 0.5) is 0 Å². The number of rotatable bonds is 1. The molecule has 0 unspecified atom stereocenters. The van der Waals surface area contributed by atoms with Crippen molar-refractivity contribution in [3.8, 4) is 11.1 Å². The molecule has 0 atom stereocenters. The van der Waals surface area contributed by atoms with E-state index >= 15 is 0 Å². The topological polar surface area (TPSA) is 0 Å². The zero-order valence-corrected chi connectivity index (χ0v) is 22.0. The third-order valence-corrected chi connectivity index (χ3v) is 9.43. The van der Waals surface area contributed by atoms with Crippen LogP contribution in [-0.2, 0) is 10.8 Å². The maximum atomic E-state index is 2.46.